The Morgan fingerprint density at radius 1 is 1.00 bits per heavy atom. The monoisotopic (exact) mass is 430 g/mol. The lowest BCUT2D eigenvalue weighted by molar-refractivity contribution is -0.148. The van der Waals surface area contributed by atoms with E-state index in [1.54, 1.807) is 0 Å². The van der Waals surface area contributed by atoms with Crippen LogP contribution in [0.1, 0.15) is 112 Å². The fraction of sp³-hybridized carbons (Fsp3) is 0.931. The molecule has 4 aliphatic carbocycles. The Morgan fingerprint density at radius 2 is 1.71 bits per heavy atom. The van der Waals surface area contributed by atoms with Crippen molar-refractivity contribution in [1.29, 1.82) is 0 Å². The molecule has 0 bridgehead atoms. The molecule has 1 unspecified atom stereocenters. The van der Waals surface area contributed by atoms with E-state index in [0.29, 0.717) is 23.2 Å². The van der Waals surface area contributed by atoms with E-state index < -0.39 is 11.2 Å². The minimum absolute atomic E-state index is 0.430. The van der Waals surface area contributed by atoms with Gasteiger partial charge in [0, 0.05) is 0 Å². The van der Waals surface area contributed by atoms with E-state index >= 15 is 0 Å². The minimum Gasteiger partial charge on any atom is -0.390 e. The lowest BCUT2D eigenvalue weighted by Gasteiger charge is -2.62. The van der Waals surface area contributed by atoms with Crippen LogP contribution in [0.25, 0.3) is 0 Å². The summed E-state index contributed by atoms with van der Waals surface area (Å²) in [6.45, 7) is 15.6. The van der Waals surface area contributed by atoms with Crippen molar-refractivity contribution < 1.29 is 10.2 Å². The molecule has 0 spiro atoms. The first kappa shape index (κ1) is 23.8. The van der Waals surface area contributed by atoms with Crippen molar-refractivity contribution in [2.24, 2.45) is 46.3 Å². The second-order valence-electron chi connectivity index (χ2n) is 13.6. The van der Waals surface area contributed by atoms with E-state index in [2.05, 4.69) is 34.3 Å². The van der Waals surface area contributed by atoms with Gasteiger partial charge in [-0.2, -0.15) is 0 Å². The second kappa shape index (κ2) is 8.15. The quantitative estimate of drug-likeness (QED) is 0.440. The third-order valence-electron chi connectivity index (χ3n) is 11.4. The van der Waals surface area contributed by atoms with Crippen molar-refractivity contribution >= 4 is 0 Å². The predicted octanol–water partition coefficient (Wildman–Crippen LogP) is 7.14. The van der Waals surface area contributed by atoms with Gasteiger partial charge in [-0.3, -0.25) is 0 Å². The van der Waals surface area contributed by atoms with Crippen LogP contribution in [0, 0.1) is 46.3 Å². The number of fused-ring (bicyclic) bond motifs is 5. The van der Waals surface area contributed by atoms with Gasteiger partial charge in [-0.25, -0.2) is 0 Å². The summed E-state index contributed by atoms with van der Waals surface area (Å²) < 4.78 is 0. The number of aliphatic hydroxyl groups is 2. The fourth-order valence-corrected chi connectivity index (χ4v) is 9.56. The molecule has 4 rings (SSSR count). The van der Waals surface area contributed by atoms with Gasteiger partial charge in [0.05, 0.1) is 11.2 Å². The molecule has 0 heterocycles. The second-order valence-corrected chi connectivity index (χ2v) is 13.6. The third kappa shape index (κ3) is 4.18. The van der Waals surface area contributed by atoms with Crippen LogP contribution in [-0.2, 0) is 0 Å². The number of hydrogen-bond acceptors (Lipinski definition) is 2. The first-order chi connectivity index (χ1) is 14.4. The minimum atomic E-state index is -0.595. The Bertz CT molecular complexity index is 666. The maximum Gasteiger partial charge on any atom is 0.0654 e. The van der Waals surface area contributed by atoms with Crippen LogP contribution in [0.15, 0.2) is 12.7 Å². The first-order valence-corrected chi connectivity index (χ1v) is 13.5. The van der Waals surface area contributed by atoms with Gasteiger partial charge in [0.2, 0.25) is 0 Å². The van der Waals surface area contributed by atoms with Gasteiger partial charge in [-0.1, -0.05) is 26.8 Å². The third-order valence-corrected chi connectivity index (χ3v) is 11.4. The topological polar surface area (TPSA) is 40.5 Å². The summed E-state index contributed by atoms with van der Waals surface area (Å²) in [4.78, 5) is 0. The zero-order chi connectivity index (χ0) is 22.7. The van der Waals surface area contributed by atoms with Crippen molar-refractivity contribution in [3.8, 4) is 0 Å². The molecule has 4 fully saturated rings. The Kier molecular flexibility index (Phi) is 6.26. The molecule has 2 nitrogen and oxygen atoms in total. The highest BCUT2D eigenvalue weighted by molar-refractivity contribution is 5.10. The summed E-state index contributed by atoms with van der Waals surface area (Å²) >= 11 is 0. The van der Waals surface area contributed by atoms with E-state index in [1.807, 2.05) is 13.0 Å². The average molecular weight is 431 g/mol. The summed E-state index contributed by atoms with van der Waals surface area (Å²) in [6.07, 6.45) is 16.2. The highest BCUT2D eigenvalue weighted by atomic mass is 16.3. The number of rotatable bonds is 6. The molecule has 31 heavy (non-hydrogen) atoms. The molecule has 4 saturated carbocycles. The van der Waals surface area contributed by atoms with Gasteiger partial charge in [0.25, 0.3) is 0 Å². The zero-order valence-electron chi connectivity index (χ0n) is 21.1. The van der Waals surface area contributed by atoms with Crippen LogP contribution in [-0.4, -0.2) is 21.4 Å². The van der Waals surface area contributed by atoms with Gasteiger partial charge in [0.1, 0.15) is 0 Å². The largest absolute Gasteiger partial charge is 0.390 e. The van der Waals surface area contributed by atoms with Crippen molar-refractivity contribution in [2.75, 3.05) is 0 Å². The molecule has 0 radical (unpaired) electrons. The maximum atomic E-state index is 10.7. The van der Waals surface area contributed by atoms with E-state index in [9.17, 15) is 10.2 Å². The molecule has 0 aliphatic heterocycles. The van der Waals surface area contributed by atoms with E-state index in [0.717, 1.165) is 55.3 Å². The highest BCUT2D eigenvalue weighted by Crippen LogP contribution is 2.68. The lowest BCUT2D eigenvalue weighted by atomic mass is 9.43. The molecule has 10 atom stereocenters. The molecular formula is C29H50O2. The number of hydrogen-bond donors (Lipinski definition) is 2. The molecule has 0 saturated heterocycles. The fourth-order valence-electron chi connectivity index (χ4n) is 9.56. The van der Waals surface area contributed by atoms with Crippen LogP contribution in [0.4, 0.5) is 0 Å². The highest BCUT2D eigenvalue weighted by Gasteiger charge is 2.61. The molecule has 178 valence electrons. The van der Waals surface area contributed by atoms with Gasteiger partial charge in [0.15, 0.2) is 0 Å². The van der Waals surface area contributed by atoms with Crippen LogP contribution in [0.2, 0.25) is 0 Å². The van der Waals surface area contributed by atoms with Crippen molar-refractivity contribution in [1.82, 2.24) is 0 Å². The van der Waals surface area contributed by atoms with Crippen LogP contribution in [0.3, 0.4) is 0 Å². The Labute approximate surface area is 192 Å². The predicted molar refractivity (Wildman–Crippen MR) is 130 cm³/mol. The summed E-state index contributed by atoms with van der Waals surface area (Å²) in [5.74, 6) is 4.92. The maximum absolute atomic E-state index is 10.7. The van der Waals surface area contributed by atoms with Gasteiger partial charge < -0.3 is 10.2 Å². The van der Waals surface area contributed by atoms with E-state index in [-0.39, 0.29) is 0 Å². The van der Waals surface area contributed by atoms with Crippen molar-refractivity contribution in [3.05, 3.63) is 12.7 Å². The SMILES string of the molecule is C=CCC(C)(O)CC[C@@H](C)[C@H]1CC[C@H]2[C@@H]3CC[C@H]4C[C@@](C)(O)CC[C@]4(C)[C@H]3CC[C@]12C. The molecule has 0 aromatic heterocycles. The standard InChI is InChI=1S/C29H50O2/c1-7-14-26(3,30)15-12-20(2)23-10-11-24-22-9-8-21-19-27(4,31)17-18-28(21,5)25(22)13-16-29(23,24)6/h7,20-25,30-31H,1,8-19H2,2-6H3/t20-,21+,22+,23-,24+,25+,26?,27+,28+,29-/m1/s1. The molecule has 0 aromatic carbocycles. The summed E-state index contributed by atoms with van der Waals surface area (Å²) in [5.41, 5.74) is -0.0730. The smallest absolute Gasteiger partial charge is 0.0654 e. The summed E-state index contributed by atoms with van der Waals surface area (Å²) in [5, 5.41) is 21.4. The normalized spacial score (nSPS) is 50.0. The first-order valence-electron chi connectivity index (χ1n) is 13.5. The summed E-state index contributed by atoms with van der Waals surface area (Å²) in [7, 11) is 0. The van der Waals surface area contributed by atoms with Gasteiger partial charge in [-0.15, -0.1) is 6.58 Å². The van der Waals surface area contributed by atoms with E-state index in [1.165, 1.54) is 44.9 Å². The molecular weight excluding hydrogens is 380 g/mol. The van der Waals surface area contributed by atoms with Crippen LogP contribution in [0.5, 0.6) is 0 Å². The Balaban J connectivity index is 1.46. The molecule has 0 amide bonds. The van der Waals surface area contributed by atoms with Crippen LogP contribution >= 0.6 is 0 Å². The molecule has 2 N–H and O–H groups in total. The molecule has 2 heteroatoms. The van der Waals surface area contributed by atoms with Crippen molar-refractivity contribution in [2.45, 2.75) is 123 Å². The lowest BCUT2D eigenvalue weighted by Crippen LogP contribution is -2.55. The molecule has 4 aliphatic rings. The summed E-state index contributed by atoms with van der Waals surface area (Å²) in [6, 6.07) is 0. The Hall–Kier alpha value is -0.340. The van der Waals surface area contributed by atoms with Crippen LogP contribution < -0.4 is 0 Å². The average Bonchev–Trinajstić information content (AvgIpc) is 3.04. The van der Waals surface area contributed by atoms with Crippen molar-refractivity contribution in [3.63, 3.8) is 0 Å². The van der Waals surface area contributed by atoms with Gasteiger partial charge in [-0.05, 0) is 137 Å². The zero-order valence-corrected chi connectivity index (χ0v) is 21.1. The van der Waals surface area contributed by atoms with Gasteiger partial charge >= 0.3 is 0 Å². The van der Waals surface area contributed by atoms with E-state index in [4.69, 9.17) is 0 Å². The Morgan fingerprint density at radius 3 is 2.42 bits per heavy atom. The molecule has 0 aromatic rings.